The Hall–Kier alpha value is -5.39. The number of fused-ring (bicyclic) bond motifs is 3. The Morgan fingerprint density at radius 1 is 0.941 bits per heavy atom. The van der Waals surface area contributed by atoms with Gasteiger partial charge in [0.05, 0.1) is 48.4 Å². The predicted molar refractivity (Wildman–Crippen MR) is 173 cm³/mol. The van der Waals surface area contributed by atoms with Crippen molar-refractivity contribution in [3.8, 4) is 40.1 Å². The lowest BCUT2D eigenvalue weighted by Gasteiger charge is -2.15. The number of nitrogens with zero attached hydrogens (tertiary/aromatic N) is 1. The van der Waals surface area contributed by atoms with E-state index < -0.39 is 64.6 Å². The van der Waals surface area contributed by atoms with Crippen molar-refractivity contribution in [1.29, 1.82) is 0 Å². The van der Waals surface area contributed by atoms with Crippen molar-refractivity contribution in [2.24, 2.45) is 0 Å². The van der Waals surface area contributed by atoms with Crippen LogP contribution in [0.4, 0.5) is 26.3 Å². The number of aromatic hydroxyl groups is 1. The van der Waals surface area contributed by atoms with E-state index in [0.29, 0.717) is 22.6 Å². The van der Waals surface area contributed by atoms with Gasteiger partial charge in [0.1, 0.15) is 11.5 Å². The van der Waals surface area contributed by atoms with Gasteiger partial charge in [-0.15, -0.1) is 0 Å². The van der Waals surface area contributed by atoms with Crippen LogP contribution in [0.3, 0.4) is 0 Å². The van der Waals surface area contributed by atoms with Gasteiger partial charge < -0.3 is 29.0 Å². The number of phenolic OH excluding ortho intramolecular Hbond substituents is 1. The largest absolute Gasteiger partial charge is 0.504 e. The van der Waals surface area contributed by atoms with Crippen LogP contribution in [0.2, 0.25) is 0 Å². The SMILES string of the molecule is COc1ccc(OC)c(CC(=O)NS(=O)(=O)Cc2ccc(-c3[nH]c(OCC(F)(F)F)c4c3c(O)c(OCC(F)(F)F)c3cccnc34)c(C)c2)c1. The number of pyridine rings is 1. The Bertz CT molecular complexity index is 2220. The molecule has 0 saturated heterocycles. The number of alkyl halides is 6. The minimum Gasteiger partial charge on any atom is -0.504 e. The van der Waals surface area contributed by atoms with Gasteiger partial charge in [-0.1, -0.05) is 18.2 Å². The summed E-state index contributed by atoms with van der Waals surface area (Å²) >= 11 is 0. The highest BCUT2D eigenvalue weighted by atomic mass is 32.2. The van der Waals surface area contributed by atoms with Gasteiger partial charge in [-0.25, -0.2) is 8.42 Å². The fourth-order valence-electron chi connectivity index (χ4n) is 5.49. The summed E-state index contributed by atoms with van der Waals surface area (Å²) in [7, 11) is -1.44. The number of ether oxygens (including phenoxy) is 4. The second-order valence-corrected chi connectivity index (χ2v) is 13.0. The first-order valence-electron chi connectivity index (χ1n) is 14.8. The van der Waals surface area contributed by atoms with Crippen LogP contribution in [0.1, 0.15) is 16.7 Å². The maximum atomic E-state index is 13.2. The van der Waals surface area contributed by atoms with Gasteiger partial charge >= 0.3 is 12.4 Å². The number of aromatic amines is 1. The normalized spacial score (nSPS) is 12.3. The molecule has 0 saturated carbocycles. The van der Waals surface area contributed by atoms with Crippen molar-refractivity contribution >= 4 is 37.6 Å². The maximum Gasteiger partial charge on any atom is 0.422 e. The Morgan fingerprint density at radius 2 is 1.65 bits per heavy atom. The maximum absolute atomic E-state index is 13.2. The van der Waals surface area contributed by atoms with Crippen LogP contribution in [-0.2, 0) is 27.0 Å². The monoisotopic (exact) mass is 741 g/mol. The third kappa shape index (κ3) is 8.50. The summed E-state index contributed by atoms with van der Waals surface area (Å²) in [6, 6.07) is 11.5. The highest BCUT2D eigenvalue weighted by molar-refractivity contribution is 7.89. The van der Waals surface area contributed by atoms with Crippen LogP contribution in [-0.4, -0.2) is 69.2 Å². The molecule has 0 bridgehead atoms. The van der Waals surface area contributed by atoms with Crippen LogP contribution in [0, 0.1) is 6.92 Å². The number of nitrogens with one attached hydrogen (secondary N) is 2. The average molecular weight is 742 g/mol. The molecule has 5 aromatic rings. The Kier molecular flexibility index (Phi) is 10.2. The Labute approximate surface area is 286 Å². The number of hydrogen-bond donors (Lipinski definition) is 3. The molecular formula is C33H29F6N3O8S. The molecule has 18 heteroatoms. The van der Waals surface area contributed by atoms with Crippen LogP contribution in [0.15, 0.2) is 54.7 Å². The van der Waals surface area contributed by atoms with Gasteiger partial charge in [-0.3, -0.25) is 14.5 Å². The number of carbonyl (C=O) groups excluding carboxylic acids is 1. The number of benzene rings is 3. The Morgan fingerprint density at radius 3 is 2.29 bits per heavy atom. The zero-order valence-electron chi connectivity index (χ0n) is 27.0. The summed E-state index contributed by atoms with van der Waals surface area (Å²) in [5, 5.41) is 10.8. The second-order valence-electron chi connectivity index (χ2n) is 11.3. The number of hydrogen-bond acceptors (Lipinski definition) is 9. The van der Waals surface area contributed by atoms with Crippen LogP contribution < -0.4 is 23.7 Å². The molecule has 51 heavy (non-hydrogen) atoms. The van der Waals surface area contributed by atoms with Crippen LogP contribution in [0.25, 0.3) is 32.9 Å². The molecule has 5 rings (SSSR count). The van der Waals surface area contributed by atoms with Gasteiger partial charge in [0.2, 0.25) is 21.8 Å². The molecule has 11 nitrogen and oxygen atoms in total. The average Bonchev–Trinajstić information content (AvgIpc) is 3.42. The molecule has 1 amide bonds. The summed E-state index contributed by atoms with van der Waals surface area (Å²) in [5.41, 5.74) is 0.926. The van der Waals surface area contributed by atoms with Crippen molar-refractivity contribution in [3.05, 3.63) is 71.4 Å². The molecular weight excluding hydrogens is 712 g/mol. The minimum atomic E-state index is -4.80. The first-order chi connectivity index (χ1) is 23.9. The number of sulfonamides is 1. The predicted octanol–water partition coefficient (Wildman–Crippen LogP) is 6.49. The molecule has 3 aromatic carbocycles. The number of aryl methyl sites for hydroxylation is 1. The van der Waals surface area contributed by atoms with Crippen molar-refractivity contribution in [2.45, 2.75) is 31.5 Å². The first kappa shape index (κ1) is 36.9. The van der Waals surface area contributed by atoms with E-state index in [1.807, 2.05) is 4.72 Å². The van der Waals surface area contributed by atoms with Gasteiger partial charge in [-0.05, 0) is 48.4 Å². The third-order valence-electron chi connectivity index (χ3n) is 7.49. The standard InChI is InChI=1S/C33H29F6N3O8S/c1-17-11-18(14-51(45,46)42-24(43)13-19-12-20(47-2)7-9-23(19)48-3)6-8-21(17)28-25-26(31(41-28)50-16-33(37,38)39)27-22(5-4-10-40-27)30(29(25)44)49-15-32(34,35)36/h4-12,41,44H,13-16H2,1-3H3,(H,42,43). The molecule has 0 spiro atoms. The van der Waals surface area contributed by atoms with E-state index >= 15 is 0 Å². The zero-order chi connectivity index (χ0) is 37.3. The summed E-state index contributed by atoms with van der Waals surface area (Å²) < 4.78 is 127. The van der Waals surface area contributed by atoms with Gasteiger partial charge in [-0.2, -0.15) is 26.3 Å². The number of H-pyrrole nitrogens is 1. The van der Waals surface area contributed by atoms with Crippen molar-refractivity contribution < 1.29 is 63.6 Å². The highest BCUT2D eigenvalue weighted by Crippen LogP contribution is 2.50. The fourth-order valence-corrected chi connectivity index (χ4v) is 6.60. The molecule has 2 heterocycles. The molecule has 0 fully saturated rings. The van der Waals surface area contributed by atoms with Crippen molar-refractivity contribution in [1.82, 2.24) is 14.7 Å². The van der Waals surface area contributed by atoms with E-state index in [-0.39, 0.29) is 44.9 Å². The molecule has 2 aromatic heterocycles. The number of aromatic nitrogens is 2. The lowest BCUT2D eigenvalue weighted by atomic mass is 9.98. The van der Waals surface area contributed by atoms with E-state index in [1.165, 1.54) is 63.7 Å². The van der Waals surface area contributed by atoms with Crippen LogP contribution >= 0.6 is 0 Å². The summed E-state index contributed by atoms with van der Waals surface area (Å²) in [6.45, 7) is -2.02. The number of carbonyl (C=O) groups is 1. The van der Waals surface area contributed by atoms with Gasteiger partial charge in [0.25, 0.3) is 0 Å². The molecule has 0 radical (unpaired) electrons. The zero-order valence-corrected chi connectivity index (χ0v) is 27.8. The lowest BCUT2D eigenvalue weighted by Crippen LogP contribution is -2.32. The van der Waals surface area contributed by atoms with Gasteiger partial charge in [0, 0.05) is 22.7 Å². The molecule has 0 atom stereocenters. The molecule has 0 unspecified atom stereocenters. The van der Waals surface area contributed by atoms with E-state index in [4.69, 9.17) is 18.9 Å². The summed E-state index contributed by atoms with van der Waals surface area (Å²) in [4.78, 5) is 19.6. The smallest absolute Gasteiger partial charge is 0.422 e. The summed E-state index contributed by atoms with van der Waals surface area (Å²) in [5.74, 6) is -2.67. The minimum absolute atomic E-state index is 0.0727. The van der Waals surface area contributed by atoms with E-state index in [9.17, 15) is 44.7 Å². The van der Waals surface area contributed by atoms with E-state index in [2.05, 4.69) is 9.97 Å². The number of amides is 1. The first-order valence-corrected chi connectivity index (χ1v) is 16.4. The molecule has 0 aliphatic carbocycles. The lowest BCUT2D eigenvalue weighted by molar-refractivity contribution is -0.154. The molecule has 0 aliphatic heterocycles. The quantitative estimate of drug-likeness (QED) is 0.122. The molecule has 272 valence electrons. The number of phenols is 1. The third-order valence-corrected chi connectivity index (χ3v) is 8.74. The molecule has 3 N–H and O–H groups in total. The summed E-state index contributed by atoms with van der Waals surface area (Å²) in [6.07, 6.45) is -8.68. The second kappa shape index (κ2) is 14.1. The molecule has 0 aliphatic rings. The van der Waals surface area contributed by atoms with E-state index in [0.717, 1.165) is 0 Å². The fraction of sp³-hybridized carbons (Fsp3) is 0.273. The topological polar surface area (TPSA) is 149 Å². The highest BCUT2D eigenvalue weighted by Gasteiger charge is 2.33. The van der Waals surface area contributed by atoms with Crippen LogP contribution in [0.5, 0.6) is 28.9 Å². The Balaban J connectivity index is 1.51. The number of methoxy groups -OCH3 is 2. The van der Waals surface area contributed by atoms with Crippen molar-refractivity contribution in [2.75, 3.05) is 27.4 Å². The number of rotatable bonds is 12. The number of halogens is 6. The van der Waals surface area contributed by atoms with Crippen molar-refractivity contribution in [3.63, 3.8) is 0 Å². The van der Waals surface area contributed by atoms with Gasteiger partial charge in [0.15, 0.2) is 24.7 Å². The van der Waals surface area contributed by atoms with E-state index in [1.54, 1.807) is 12.1 Å².